The SMILES string of the molecule is O=CN(CCC(=O)Nc1ccccc1O)C(=S)S/C=C\c1cccc(Br)c1. The fraction of sp³-hybridized carbons (Fsp3) is 0.105. The molecule has 2 amide bonds. The number of aromatic hydroxyl groups is 1. The normalized spacial score (nSPS) is 10.6. The number of nitrogens with zero attached hydrogens (tertiary/aromatic N) is 1. The molecule has 2 rings (SSSR count). The monoisotopic (exact) mass is 464 g/mol. The topological polar surface area (TPSA) is 69.6 Å². The molecule has 0 aliphatic heterocycles. The fourth-order valence-electron chi connectivity index (χ4n) is 2.05. The Morgan fingerprint density at radius 1 is 1.26 bits per heavy atom. The largest absolute Gasteiger partial charge is 0.506 e. The van der Waals surface area contributed by atoms with Crippen LogP contribution in [0.5, 0.6) is 5.75 Å². The number of rotatable bonds is 7. The van der Waals surface area contributed by atoms with Crippen molar-refractivity contribution >= 4 is 68.3 Å². The number of hydrogen-bond donors (Lipinski definition) is 2. The number of thioether (sulfide) groups is 1. The van der Waals surface area contributed by atoms with Crippen LogP contribution in [0.15, 0.2) is 58.4 Å². The van der Waals surface area contributed by atoms with E-state index in [9.17, 15) is 14.7 Å². The van der Waals surface area contributed by atoms with Crippen molar-refractivity contribution in [2.45, 2.75) is 6.42 Å². The van der Waals surface area contributed by atoms with E-state index in [1.807, 2.05) is 30.3 Å². The van der Waals surface area contributed by atoms with Gasteiger partial charge < -0.3 is 10.4 Å². The minimum Gasteiger partial charge on any atom is -0.506 e. The Balaban J connectivity index is 1.83. The Bertz CT molecular complexity index is 858. The Kier molecular flexibility index (Phi) is 8.50. The Morgan fingerprint density at radius 3 is 2.74 bits per heavy atom. The van der Waals surface area contributed by atoms with Crippen LogP contribution < -0.4 is 5.32 Å². The third kappa shape index (κ3) is 7.16. The van der Waals surface area contributed by atoms with Gasteiger partial charge >= 0.3 is 0 Å². The molecule has 2 aromatic carbocycles. The zero-order chi connectivity index (χ0) is 19.6. The number of benzene rings is 2. The van der Waals surface area contributed by atoms with Crippen LogP contribution in [0.4, 0.5) is 5.69 Å². The fourth-order valence-corrected chi connectivity index (χ4v) is 3.38. The standard InChI is InChI=1S/C19H17BrN2O3S2/c20-15-5-3-4-14(12-15)9-11-27-19(26)22(13-23)10-8-18(25)21-16-6-1-2-7-17(16)24/h1-7,9,11-13,24H,8,10H2,(H,21,25)/b11-9-. The summed E-state index contributed by atoms with van der Waals surface area (Å²) in [7, 11) is 0. The number of nitrogens with one attached hydrogen (secondary N) is 1. The highest BCUT2D eigenvalue weighted by Gasteiger charge is 2.12. The van der Waals surface area contributed by atoms with Gasteiger partial charge in [-0.1, -0.05) is 64.2 Å². The Labute approximate surface area is 175 Å². The van der Waals surface area contributed by atoms with Gasteiger partial charge in [0.2, 0.25) is 12.3 Å². The van der Waals surface area contributed by atoms with Gasteiger partial charge in [0.25, 0.3) is 0 Å². The van der Waals surface area contributed by atoms with Crippen LogP contribution in [-0.2, 0) is 9.59 Å². The second-order valence-electron chi connectivity index (χ2n) is 5.36. The average molecular weight is 465 g/mol. The molecule has 0 fully saturated rings. The first-order valence-corrected chi connectivity index (χ1v) is 10.00. The first-order valence-electron chi connectivity index (χ1n) is 7.92. The molecule has 0 unspecified atom stereocenters. The van der Waals surface area contributed by atoms with Crippen molar-refractivity contribution in [2.75, 3.05) is 11.9 Å². The summed E-state index contributed by atoms with van der Waals surface area (Å²) < 4.78 is 1.33. The molecule has 27 heavy (non-hydrogen) atoms. The lowest BCUT2D eigenvalue weighted by molar-refractivity contribution is -0.117. The van der Waals surface area contributed by atoms with Crippen LogP contribution in [0.2, 0.25) is 0 Å². The van der Waals surface area contributed by atoms with E-state index in [0.717, 1.165) is 10.0 Å². The van der Waals surface area contributed by atoms with E-state index in [-0.39, 0.29) is 24.6 Å². The lowest BCUT2D eigenvalue weighted by Crippen LogP contribution is -2.29. The lowest BCUT2D eigenvalue weighted by Gasteiger charge is -2.16. The van der Waals surface area contributed by atoms with Crippen LogP contribution in [0, 0.1) is 0 Å². The maximum absolute atomic E-state index is 12.0. The van der Waals surface area contributed by atoms with Crippen molar-refractivity contribution < 1.29 is 14.7 Å². The summed E-state index contributed by atoms with van der Waals surface area (Å²) >= 11 is 9.88. The van der Waals surface area contributed by atoms with Crippen LogP contribution >= 0.6 is 39.9 Å². The van der Waals surface area contributed by atoms with E-state index in [1.165, 1.54) is 22.7 Å². The van der Waals surface area contributed by atoms with Gasteiger partial charge in [-0.05, 0) is 41.3 Å². The second-order valence-corrected chi connectivity index (χ2v) is 7.81. The van der Waals surface area contributed by atoms with Crippen LogP contribution in [-0.4, -0.2) is 33.2 Å². The molecular weight excluding hydrogens is 448 g/mol. The van der Waals surface area contributed by atoms with Gasteiger partial charge in [-0.3, -0.25) is 14.5 Å². The highest BCUT2D eigenvalue weighted by atomic mass is 79.9. The molecule has 5 nitrogen and oxygen atoms in total. The maximum Gasteiger partial charge on any atom is 0.226 e. The molecule has 0 radical (unpaired) electrons. The van der Waals surface area contributed by atoms with E-state index in [1.54, 1.807) is 23.6 Å². The number of thiocarbonyl (C=S) groups is 1. The highest BCUT2D eigenvalue weighted by Crippen LogP contribution is 2.21. The van der Waals surface area contributed by atoms with Gasteiger partial charge in [0.15, 0.2) is 0 Å². The summed E-state index contributed by atoms with van der Waals surface area (Å²) in [5.41, 5.74) is 1.33. The van der Waals surface area contributed by atoms with Gasteiger partial charge in [-0.25, -0.2) is 0 Å². The molecule has 0 atom stereocenters. The van der Waals surface area contributed by atoms with E-state index in [2.05, 4.69) is 21.2 Å². The van der Waals surface area contributed by atoms with Gasteiger partial charge in [-0.2, -0.15) is 0 Å². The van der Waals surface area contributed by atoms with E-state index < -0.39 is 0 Å². The first kappa shape index (κ1) is 21.1. The van der Waals surface area contributed by atoms with Crippen molar-refractivity contribution in [2.24, 2.45) is 0 Å². The molecule has 0 heterocycles. The zero-order valence-corrected chi connectivity index (χ0v) is 17.4. The van der Waals surface area contributed by atoms with E-state index in [4.69, 9.17) is 12.2 Å². The van der Waals surface area contributed by atoms with Crippen molar-refractivity contribution in [1.82, 2.24) is 4.90 Å². The number of phenols is 1. The number of para-hydroxylation sites is 2. The average Bonchev–Trinajstić information content (AvgIpc) is 2.64. The number of hydrogen-bond acceptors (Lipinski definition) is 5. The van der Waals surface area contributed by atoms with Gasteiger partial charge in [0.05, 0.1) is 5.69 Å². The molecule has 0 saturated carbocycles. The third-order valence-corrected chi connectivity index (χ3v) is 5.12. The molecule has 0 saturated heterocycles. The molecular formula is C19H17BrN2O3S2. The molecule has 0 bridgehead atoms. The van der Waals surface area contributed by atoms with E-state index in [0.29, 0.717) is 16.4 Å². The smallest absolute Gasteiger partial charge is 0.226 e. The maximum atomic E-state index is 12.0. The molecule has 0 aliphatic carbocycles. The number of halogens is 1. The number of phenolic OH excluding ortho intramolecular Hbond substituents is 1. The first-order chi connectivity index (χ1) is 13.0. The number of carbonyl (C=O) groups is 2. The van der Waals surface area contributed by atoms with Crippen molar-refractivity contribution in [3.8, 4) is 5.75 Å². The van der Waals surface area contributed by atoms with Crippen LogP contribution in [0.1, 0.15) is 12.0 Å². The second kappa shape index (κ2) is 10.9. The Hall–Kier alpha value is -2.16. The van der Waals surface area contributed by atoms with Gasteiger partial charge in [-0.15, -0.1) is 0 Å². The Morgan fingerprint density at radius 2 is 2.04 bits per heavy atom. The minimum atomic E-state index is -0.319. The van der Waals surface area contributed by atoms with Crippen molar-refractivity contribution in [3.63, 3.8) is 0 Å². The van der Waals surface area contributed by atoms with E-state index >= 15 is 0 Å². The molecule has 2 N–H and O–H groups in total. The molecule has 0 spiro atoms. The number of carbonyl (C=O) groups excluding carboxylic acids is 2. The highest BCUT2D eigenvalue weighted by molar-refractivity contribution is 9.10. The summed E-state index contributed by atoms with van der Waals surface area (Å²) in [5.74, 6) is -0.331. The quantitative estimate of drug-likeness (QED) is 0.355. The van der Waals surface area contributed by atoms with Crippen molar-refractivity contribution in [3.05, 3.63) is 64.0 Å². The van der Waals surface area contributed by atoms with Crippen LogP contribution in [0.25, 0.3) is 6.08 Å². The molecule has 0 aromatic heterocycles. The summed E-state index contributed by atoms with van der Waals surface area (Å²) in [6.45, 7) is 0.152. The summed E-state index contributed by atoms with van der Waals surface area (Å²) in [5, 5.41) is 14.1. The predicted molar refractivity (Wildman–Crippen MR) is 117 cm³/mol. The minimum absolute atomic E-state index is 0.0122. The number of amides is 2. The summed E-state index contributed by atoms with van der Waals surface area (Å²) in [6, 6.07) is 14.2. The predicted octanol–water partition coefficient (Wildman–Crippen LogP) is 4.63. The number of anilines is 1. The molecule has 8 heteroatoms. The molecule has 140 valence electrons. The van der Waals surface area contributed by atoms with Crippen molar-refractivity contribution in [1.29, 1.82) is 0 Å². The lowest BCUT2D eigenvalue weighted by atomic mass is 10.2. The van der Waals surface area contributed by atoms with Gasteiger partial charge in [0, 0.05) is 17.4 Å². The third-order valence-electron chi connectivity index (χ3n) is 3.40. The van der Waals surface area contributed by atoms with Crippen LogP contribution in [0.3, 0.4) is 0 Å². The molecule has 0 aliphatic rings. The summed E-state index contributed by atoms with van der Waals surface area (Å²) in [4.78, 5) is 24.6. The molecule has 2 aromatic rings. The zero-order valence-electron chi connectivity index (χ0n) is 14.2. The summed E-state index contributed by atoms with van der Waals surface area (Å²) in [6.07, 6.45) is 2.55. The van der Waals surface area contributed by atoms with Gasteiger partial charge in [0.1, 0.15) is 10.1 Å².